The molecule has 0 atom stereocenters. The Bertz CT molecular complexity index is 612. The quantitative estimate of drug-likeness (QED) is 0.396. The zero-order chi connectivity index (χ0) is 14.5. The van der Waals surface area contributed by atoms with Gasteiger partial charge in [-0.1, -0.05) is 48.6 Å². The van der Waals surface area contributed by atoms with E-state index in [9.17, 15) is 14.7 Å². The average Bonchev–Trinajstić information content (AvgIpc) is 2.69. The van der Waals surface area contributed by atoms with Gasteiger partial charge in [-0.2, -0.15) is 0 Å². The Morgan fingerprint density at radius 1 is 1.20 bits per heavy atom. The summed E-state index contributed by atoms with van der Waals surface area (Å²) in [5.41, 5.74) is 0.883. The van der Waals surface area contributed by atoms with Crippen LogP contribution in [0.3, 0.4) is 0 Å². The Morgan fingerprint density at radius 3 is 2.50 bits per heavy atom. The number of Topliss-reactive ketones (excluding diaryl/α,β-unsaturated/α-hetero) is 1. The van der Waals surface area contributed by atoms with Gasteiger partial charge in [0.25, 0.3) is 5.91 Å². The number of benzene rings is 1. The lowest BCUT2D eigenvalue weighted by atomic mass is 10.1. The van der Waals surface area contributed by atoms with E-state index in [1.165, 1.54) is 18.0 Å². The van der Waals surface area contributed by atoms with E-state index < -0.39 is 5.91 Å². The Kier molecular flexibility index (Phi) is 4.15. The SMILES string of the molecule is CN1CC(=O)\C(=C(O)/C=C/C=C/c2ccccc2)C1=O. The van der Waals surface area contributed by atoms with Crippen LogP contribution in [0.25, 0.3) is 6.08 Å². The molecule has 0 bridgehead atoms. The first-order valence-electron chi connectivity index (χ1n) is 6.21. The van der Waals surface area contributed by atoms with Gasteiger partial charge in [-0.05, 0) is 11.6 Å². The summed E-state index contributed by atoms with van der Waals surface area (Å²) in [4.78, 5) is 24.5. The smallest absolute Gasteiger partial charge is 0.261 e. The lowest BCUT2D eigenvalue weighted by molar-refractivity contribution is -0.123. The molecule has 0 saturated carbocycles. The third-order valence-electron chi connectivity index (χ3n) is 2.93. The van der Waals surface area contributed by atoms with E-state index >= 15 is 0 Å². The summed E-state index contributed by atoms with van der Waals surface area (Å²) in [6, 6.07) is 9.67. The van der Waals surface area contributed by atoms with E-state index in [2.05, 4.69) is 0 Å². The fourth-order valence-corrected chi connectivity index (χ4v) is 1.89. The van der Waals surface area contributed by atoms with Crippen LogP contribution in [0.2, 0.25) is 0 Å². The van der Waals surface area contributed by atoms with Crippen molar-refractivity contribution in [1.29, 1.82) is 0 Å². The molecular formula is C16H15NO3. The number of ketones is 1. The van der Waals surface area contributed by atoms with Crippen molar-refractivity contribution >= 4 is 17.8 Å². The Balaban J connectivity index is 2.10. The number of amides is 1. The fourth-order valence-electron chi connectivity index (χ4n) is 1.89. The van der Waals surface area contributed by atoms with Crippen LogP contribution in [0, 0.1) is 0 Å². The number of carbonyl (C=O) groups excluding carboxylic acids is 2. The van der Waals surface area contributed by atoms with Crippen LogP contribution in [0.15, 0.2) is 59.9 Å². The van der Waals surface area contributed by atoms with Gasteiger partial charge in [0.05, 0.1) is 6.54 Å². The zero-order valence-corrected chi connectivity index (χ0v) is 11.1. The highest BCUT2D eigenvalue weighted by molar-refractivity contribution is 6.25. The van der Waals surface area contributed by atoms with Crippen LogP contribution in [-0.4, -0.2) is 35.3 Å². The van der Waals surface area contributed by atoms with Gasteiger partial charge in [-0.3, -0.25) is 9.59 Å². The number of likely N-dealkylation sites (N-methyl/N-ethyl adjacent to an activating group) is 1. The Hall–Kier alpha value is -2.62. The minimum absolute atomic E-state index is 0.0198. The number of carbonyl (C=O) groups is 2. The zero-order valence-electron chi connectivity index (χ0n) is 11.1. The van der Waals surface area contributed by atoms with E-state index in [1.54, 1.807) is 12.2 Å². The van der Waals surface area contributed by atoms with Crippen molar-refractivity contribution < 1.29 is 14.7 Å². The molecule has 1 aromatic carbocycles. The van der Waals surface area contributed by atoms with Crippen molar-refractivity contribution in [2.24, 2.45) is 0 Å². The third kappa shape index (κ3) is 3.03. The lowest BCUT2D eigenvalue weighted by Gasteiger charge is -2.03. The molecule has 2 rings (SSSR count). The van der Waals surface area contributed by atoms with E-state index in [-0.39, 0.29) is 23.7 Å². The lowest BCUT2D eigenvalue weighted by Crippen LogP contribution is -2.19. The predicted octanol–water partition coefficient (Wildman–Crippen LogP) is 2.11. The summed E-state index contributed by atoms with van der Waals surface area (Å²) in [5.74, 6) is -1.09. The second-order valence-electron chi connectivity index (χ2n) is 4.47. The predicted molar refractivity (Wildman–Crippen MR) is 76.9 cm³/mol. The van der Waals surface area contributed by atoms with Crippen LogP contribution in [-0.2, 0) is 9.59 Å². The molecule has 0 spiro atoms. The van der Waals surface area contributed by atoms with Crippen molar-refractivity contribution in [1.82, 2.24) is 4.90 Å². The monoisotopic (exact) mass is 269 g/mol. The molecule has 1 saturated heterocycles. The summed E-state index contributed by atoms with van der Waals surface area (Å²) in [5, 5.41) is 9.80. The first-order valence-corrected chi connectivity index (χ1v) is 6.21. The molecule has 0 unspecified atom stereocenters. The molecule has 0 aromatic heterocycles. The molecule has 1 amide bonds. The molecule has 0 aliphatic carbocycles. The van der Waals surface area contributed by atoms with E-state index in [1.807, 2.05) is 36.4 Å². The van der Waals surface area contributed by atoms with Crippen LogP contribution in [0.4, 0.5) is 0 Å². The molecular weight excluding hydrogens is 254 g/mol. The molecule has 1 aliphatic heterocycles. The molecule has 0 radical (unpaired) electrons. The molecule has 20 heavy (non-hydrogen) atoms. The maximum Gasteiger partial charge on any atom is 0.261 e. The normalized spacial score (nSPS) is 18.6. The molecule has 4 nitrogen and oxygen atoms in total. The second-order valence-corrected chi connectivity index (χ2v) is 4.47. The summed E-state index contributed by atoms with van der Waals surface area (Å²) < 4.78 is 0. The number of aliphatic hydroxyl groups excluding tert-OH is 1. The van der Waals surface area contributed by atoms with Gasteiger partial charge in [0.1, 0.15) is 11.3 Å². The van der Waals surface area contributed by atoms with Gasteiger partial charge in [0.15, 0.2) is 5.78 Å². The number of allylic oxidation sites excluding steroid dienone is 3. The Morgan fingerprint density at radius 2 is 1.90 bits per heavy atom. The standard InChI is InChI=1S/C16H15NO3/c1-17-11-14(19)15(16(17)20)13(18)10-6-5-9-12-7-3-2-4-8-12/h2-10,18H,11H2,1H3/b9-5+,10-6+,15-13-. The van der Waals surface area contributed by atoms with Gasteiger partial charge in [-0.15, -0.1) is 0 Å². The van der Waals surface area contributed by atoms with E-state index in [0.717, 1.165) is 5.56 Å². The van der Waals surface area contributed by atoms with Crippen molar-refractivity contribution in [3.63, 3.8) is 0 Å². The summed E-state index contributed by atoms with van der Waals surface area (Å²) in [7, 11) is 1.53. The maximum atomic E-state index is 11.6. The topological polar surface area (TPSA) is 57.6 Å². The first-order chi connectivity index (χ1) is 9.59. The number of aliphatic hydroxyl groups is 1. The third-order valence-corrected chi connectivity index (χ3v) is 2.93. The van der Waals surface area contributed by atoms with Gasteiger partial charge in [0.2, 0.25) is 0 Å². The summed E-state index contributed by atoms with van der Waals surface area (Å²) in [6.45, 7) is 0.0198. The van der Waals surface area contributed by atoms with Crippen molar-refractivity contribution in [2.75, 3.05) is 13.6 Å². The van der Waals surface area contributed by atoms with Crippen molar-refractivity contribution in [3.05, 3.63) is 65.5 Å². The highest BCUT2D eigenvalue weighted by atomic mass is 16.3. The molecule has 4 heteroatoms. The van der Waals surface area contributed by atoms with Gasteiger partial charge in [0, 0.05) is 7.05 Å². The number of hydrogen-bond donors (Lipinski definition) is 1. The Labute approximate surface area is 117 Å². The summed E-state index contributed by atoms with van der Waals surface area (Å²) in [6.07, 6.45) is 6.54. The van der Waals surface area contributed by atoms with Gasteiger partial charge in [-0.25, -0.2) is 0 Å². The van der Waals surface area contributed by atoms with Crippen LogP contribution in [0.1, 0.15) is 5.56 Å². The number of hydrogen-bond acceptors (Lipinski definition) is 3. The average molecular weight is 269 g/mol. The van der Waals surface area contributed by atoms with Gasteiger partial charge >= 0.3 is 0 Å². The number of nitrogens with zero attached hydrogens (tertiary/aromatic N) is 1. The van der Waals surface area contributed by atoms with Crippen LogP contribution < -0.4 is 0 Å². The number of likely N-dealkylation sites (tertiary alicyclic amines) is 1. The van der Waals surface area contributed by atoms with Crippen molar-refractivity contribution in [2.45, 2.75) is 0 Å². The minimum atomic E-state index is -0.441. The molecule has 1 aromatic rings. The molecule has 1 N–H and O–H groups in total. The number of rotatable bonds is 3. The first kappa shape index (κ1) is 13.8. The fraction of sp³-hybridized carbons (Fsp3) is 0.125. The van der Waals surface area contributed by atoms with Gasteiger partial charge < -0.3 is 10.0 Å². The highest BCUT2D eigenvalue weighted by Gasteiger charge is 2.33. The van der Waals surface area contributed by atoms with Crippen LogP contribution in [0.5, 0.6) is 0 Å². The van der Waals surface area contributed by atoms with E-state index in [0.29, 0.717) is 0 Å². The largest absolute Gasteiger partial charge is 0.507 e. The highest BCUT2D eigenvalue weighted by Crippen LogP contribution is 2.15. The minimum Gasteiger partial charge on any atom is -0.507 e. The molecule has 1 aliphatic rings. The molecule has 1 fully saturated rings. The maximum absolute atomic E-state index is 11.6. The van der Waals surface area contributed by atoms with E-state index in [4.69, 9.17) is 0 Å². The second kappa shape index (κ2) is 6.02. The summed E-state index contributed by atoms with van der Waals surface area (Å²) >= 11 is 0. The molecule has 1 heterocycles. The van der Waals surface area contributed by atoms with Crippen molar-refractivity contribution in [3.8, 4) is 0 Å². The molecule has 102 valence electrons. The van der Waals surface area contributed by atoms with Crippen LogP contribution >= 0.6 is 0 Å².